The number of aryl methyl sites for hydroxylation is 1. The monoisotopic (exact) mass is 309 g/mol. The second kappa shape index (κ2) is 6.30. The average Bonchev–Trinajstić information content (AvgIpc) is 2.84. The van der Waals surface area contributed by atoms with Crippen molar-refractivity contribution in [3.05, 3.63) is 42.0 Å². The normalized spacial score (nSPS) is 23.4. The molecular weight excluding hydrogens is 286 g/mol. The largest absolute Gasteiger partial charge is 0.396 e. The lowest BCUT2D eigenvalue weighted by molar-refractivity contribution is 0.249. The number of aliphatic hydroxyl groups excluding tert-OH is 1. The van der Waals surface area contributed by atoms with Crippen LogP contribution >= 0.6 is 0 Å². The van der Waals surface area contributed by atoms with Crippen LogP contribution in [0, 0.1) is 18.8 Å². The molecule has 2 atom stereocenters. The Morgan fingerprint density at radius 3 is 2.48 bits per heavy atom. The molecule has 116 valence electrons. The molecule has 0 aromatic heterocycles. The van der Waals surface area contributed by atoms with Gasteiger partial charge in [-0.3, -0.25) is 0 Å². The van der Waals surface area contributed by atoms with Crippen LogP contribution in [0.25, 0.3) is 0 Å². The van der Waals surface area contributed by atoms with Crippen LogP contribution in [0.3, 0.4) is 0 Å². The Labute approximate surface area is 127 Å². The van der Waals surface area contributed by atoms with Gasteiger partial charge in [0, 0.05) is 19.7 Å². The summed E-state index contributed by atoms with van der Waals surface area (Å²) in [5.74, 6) is 0.269. The minimum absolute atomic E-state index is 0.0763. The lowest BCUT2D eigenvalue weighted by Gasteiger charge is -2.17. The highest BCUT2D eigenvalue weighted by atomic mass is 32.2. The van der Waals surface area contributed by atoms with E-state index in [2.05, 4.69) is 6.58 Å². The highest BCUT2D eigenvalue weighted by molar-refractivity contribution is 7.89. The number of benzene rings is 1. The Hall–Kier alpha value is -1.17. The van der Waals surface area contributed by atoms with Crippen molar-refractivity contribution >= 4 is 10.0 Å². The Balaban J connectivity index is 2.25. The molecule has 4 nitrogen and oxygen atoms in total. The predicted octanol–water partition coefficient (Wildman–Crippen LogP) is 2.19. The molecule has 1 saturated heterocycles. The zero-order chi connectivity index (χ0) is 15.6. The summed E-state index contributed by atoms with van der Waals surface area (Å²) >= 11 is 0. The van der Waals surface area contributed by atoms with E-state index in [4.69, 9.17) is 5.11 Å². The maximum Gasteiger partial charge on any atom is 0.243 e. The van der Waals surface area contributed by atoms with Gasteiger partial charge in [0.1, 0.15) is 0 Å². The molecule has 0 spiro atoms. The minimum Gasteiger partial charge on any atom is -0.396 e. The lowest BCUT2D eigenvalue weighted by Crippen LogP contribution is -2.29. The molecule has 5 heteroatoms. The average molecular weight is 309 g/mol. The van der Waals surface area contributed by atoms with Gasteiger partial charge in [0.2, 0.25) is 10.0 Å². The molecule has 1 aromatic rings. The van der Waals surface area contributed by atoms with E-state index in [0.29, 0.717) is 24.4 Å². The number of hydrogen-bond acceptors (Lipinski definition) is 3. The van der Waals surface area contributed by atoms with E-state index in [1.807, 2.05) is 26.0 Å². The van der Waals surface area contributed by atoms with Crippen molar-refractivity contribution in [1.82, 2.24) is 4.31 Å². The standard InChI is InChI=1S/C16H23NO3S/c1-12(2)16-11-17(10-14(16)8-9-18)21(19,20)15-6-4-13(3)5-7-15/h4-7,14,16,18H,1,8-11H2,2-3H3/t14-,16-/m1/s1. The van der Waals surface area contributed by atoms with Crippen LogP contribution in [0.5, 0.6) is 0 Å². The van der Waals surface area contributed by atoms with Crippen LogP contribution in [0.2, 0.25) is 0 Å². The molecule has 0 radical (unpaired) electrons. The molecule has 0 aliphatic carbocycles. The van der Waals surface area contributed by atoms with E-state index in [1.54, 1.807) is 12.1 Å². The van der Waals surface area contributed by atoms with Gasteiger partial charge in [-0.15, -0.1) is 0 Å². The molecular formula is C16H23NO3S. The van der Waals surface area contributed by atoms with Gasteiger partial charge < -0.3 is 5.11 Å². The highest BCUT2D eigenvalue weighted by Gasteiger charge is 2.39. The van der Waals surface area contributed by atoms with E-state index in [0.717, 1.165) is 11.1 Å². The van der Waals surface area contributed by atoms with Gasteiger partial charge in [-0.1, -0.05) is 29.8 Å². The molecule has 0 unspecified atom stereocenters. The van der Waals surface area contributed by atoms with Gasteiger partial charge in [0.25, 0.3) is 0 Å². The number of nitrogens with zero attached hydrogens (tertiary/aromatic N) is 1. The van der Waals surface area contributed by atoms with Crippen LogP contribution in [0.1, 0.15) is 18.9 Å². The third-order valence-electron chi connectivity index (χ3n) is 4.20. The first kappa shape index (κ1) is 16.2. The highest BCUT2D eigenvalue weighted by Crippen LogP contribution is 2.34. The van der Waals surface area contributed by atoms with Crippen molar-refractivity contribution in [3.8, 4) is 0 Å². The van der Waals surface area contributed by atoms with Gasteiger partial charge in [-0.25, -0.2) is 8.42 Å². The summed E-state index contributed by atoms with van der Waals surface area (Å²) in [6, 6.07) is 6.93. The second-order valence-electron chi connectivity index (χ2n) is 5.86. The Morgan fingerprint density at radius 1 is 1.33 bits per heavy atom. The van der Waals surface area contributed by atoms with Crippen LogP contribution in [-0.4, -0.2) is 37.5 Å². The van der Waals surface area contributed by atoms with E-state index in [-0.39, 0.29) is 18.4 Å². The van der Waals surface area contributed by atoms with E-state index >= 15 is 0 Å². The zero-order valence-electron chi connectivity index (χ0n) is 12.6. The molecule has 1 fully saturated rings. The summed E-state index contributed by atoms with van der Waals surface area (Å²) in [5.41, 5.74) is 2.02. The molecule has 1 aliphatic rings. The molecule has 1 heterocycles. The first-order valence-corrected chi connectivity index (χ1v) is 8.63. The fraction of sp³-hybridized carbons (Fsp3) is 0.500. The quantitative estimate of drug-likeness (QED) is 0.848. The van der Waals surface area contributed by atoms with Gasteiger partial charge in [-0.05, 0) is 44.2 Å². The molecule has 0 amide bonds. The first-order chi connectivity index (χ1) is 9.86. The Bertz CT molecular complexity index is 607. The minimum atomic E-state index is -3.46. The van der Waals surface area contributed by atoms with E-state index in [9.17, 15) is 8.42 Å². The Kier molecular flexibility index (Phi) is 4.86. The summed E-state index contributed by atoms with van der Waals surface area (Å²) < 4.78 is 26.9. The number of rotatable bonds is 5. The summed E-state index contributed by atoms with van der Waals surface area (Å²) in [6.45, 7) is 8.81. The van der Waals surface area contributed by atoms with Gasteiger partial charge in [0.05, 0.1) is 4.90 Å². The van der Waals surface area contributed by atoms with E-state index < -0.39 is 10.0 Å². The SMILES string of the molecule is C=C(C)[C@H]1CN(S(=O)(=O)c2ccc(C)cc2)C[C@H]1CCO. The third kappa shape index (κ3) is 3.36. The smallest absolute Gasteiger partial charge is 0.243 e. The molecule has 1 aromatic carbocycles. The molecule has 0 saturated carbocycles. The van der Waals surface area contributed by atoms with Crippen molar-refractivity contribution in [3.63, 3.8) is 0 Å². The fourth-order valence-corrected chi connectivity index (χ4v) is 4.43. The number of hydrogen-bond donors (Lipinski definition) is 1. The fourth-order valence-electron chi connectivity index (χ4n) is 2.90. The van der Waals surface area contributed by atoms with Crippen LogP contribution in [0.15, 0.2) is 41.3 Å². The van der Waals surface area contributed by atoms with Crippen LogP contribution in [-0.2, 0) is 10.0 Å². The van der Waals surface area contributed by atoms with Crippen molar-refractivity contribution in [2.75, 3.05) is 19.7 Å². The molecule has 2 rings (SSSR count). The van der Waals surface area contributed by atoms with Crippen molar-refractivity contribution in [2.45, 2.75) is 25.2 Å². The van der Waals surface area contributed by atoms with Crippen molar-refractivity contribution in [1.29, 1.82) is 0 Å². The van der Waals surface area contributed by atoms with Crippen molar-refractivity contribution in [2.24, 2.45) is 11.8 Å². The summed E-state index contributed by atoms with van der Waals surface area (Å²) in [5, 5.41) is 9.17. The molecule has 1 N–H and O–H groups in total. The van der Waals surface area contributed by atoms with Crippen LogP contribution < -0.4 is 0 Å². The number of aliphatic hydroxyl groups is 1. The van der Waals surface area contributed by atoms with Gasteiger partial charge in [-0.2, -0.15) is 4.31 Å². The molecule has 0 bridgehead atoms. The summed E-state index contributed by atoms with van der Waals surface area (Å²) in [4.78, 5) is 0.332. The van der Waals surface area contributed by atoms with E-state index in [1.165, 1.54) is 4.31 Å². The number of sulfonamides is 1. The third-order valence-corrected chi connectivity index (χ3v) is 6.05. The summed E-state index contributed by atoms with van der Waals surface area (Å²) in [6.07, 6.45) is 0.609. The van der Waals surface area contributed by atoms with Gasteiger partial charge >= 0.3 is 0 Å². The topological polar surface area (TPSA) is 57.6 Å². The molecule has 1 aliphatic heterocycles. The molecule has 21 heavy (non-hydrogen) atoms. The van der Waals surface area contributed by atoms with Gasteiger partial charge in [0.15, 0.2) is 0 Å². The predicted molar refractivity (Wildman–Crippen MR) is 83.4 cm³/mol. The van der Waals surface area contributed by atoms with Crippen LogP contribution in [0.4, 0.5) is 0 Å². The lowest BCUT2D eigenvalue weighted by atomic mass is 9.88. The zero-order valence-corrected chi connectivity index (χ0v) is 13.4. The second-order valence-corrected chi connectivity index (χ2v) is 7.80. The maximum absolute atomic E-state index is 12.7. The Morgan fingerprint density at radius 2 is 1.95 bits per heavy atom. The summed E-state index contributed by atoms with van der Waals surface area (Å²) in [7, 11) is -3.46. The maximum atomic E-state index is 12.7. The van der Waals surface area contributed by atoms with Crippen molar-refractivity contribution < 1.29 is 13.5 Å². The first-order valence-electron chi connectivity index (χ1n) is 7.19.